The Kier molecular flexibility index (Phi) is 5.00. The van der Waals surface area contributed by atoms with Gasteiger partial charge in [0.25, 0.3) is 5.91 Å². The first-order chi connectivity index (χ1) is 12.0. The van der Waals surface area contributed by atoms with Crippen LogP contribution >= 0.6 is 11.3 Å². The fraction of sp³-hybridized carbons (Fsp3) is 0.294. The van der Waals surface area contributed by atoms with E-state index in [4.69, 9.17) is 5.73 Å². The van der Waals surface area contributed by atoms with E-state index >= 15 is 0 Å². The van der Waals surface area contributed by atoms with Crippen LogP contribution in [0.4, 0.5) is 19.9 Å². The Hall–Kier alpha value is -2.45. The number of carbonyl (C=O) groups excluding carboxylic acids is 2. The second-order valence-corrected chi connectivity index (χ2v) is 6.88. The first kappa shape index (κ1) is 17.4. The van der Waals surface area contributed by atoms with Crippen LogP contribution in [0.5, 0.6) is 0 Å². The molecule has 25 heavy (non-hydrogen) atoms. The van der Waals surface area contributed by atoms with Crippen LogP contribution in [0.25, 0.3) is 0 Å². The van der Waals surface area contributed by atoms with Crippen LogP contribution in [-0.2, 0) is 13.0 Å². The van der Waals surface area contributed by atoms with Crippen molar-refractivity contribution in [3.8, 4) is 0 Å². The lowest BCUT2D eigenvalue weighted by Gasteiger charge is -2.25. The van der Waals surface area contributed by atoms with Crippen molar-refractivity contribution in [1.29, 1.82) is 0 Å². The van der Waals surface area contributed by atoms with E-state index in [0.29, 0.717) is 16.3 Å². The Balaban J connectivity index is 1.79. The van der Waals surface area contributed by atoms with Crippen LogP contribution < -0.4 is 16.4 Å². The number of nitrogens with two attached hydrogens (primary N) is 1. The lowest BCUT2D eigenvalue weighted by atomic mass is 10.0. The second-order valence-electron chi connectivity index (χ2n) is 5.78. The summed E-state index contributed by atoms with van der Waals surface area (Å²) in [5.74, 6) is -0.923. The summed E-state index contributed by atoms with van der Waals surface area (Å²) < 4.78 is 12.9. The lowest BCUT2D eigenvalue weighted by Crippen LogP contribution is -2.30. The SMILES string of the molecule is CCN1CCc2c(sc(NC(=O)Nc3ccc(F)cc3)c2C(N)=O)C1. The van der Waals surface area contributed by atoms with Gasteiger partial charge in [0.1, 0.15) is 10.8 Å². The van der Waals surface area contributed by atoms with Crippen LogP contribution in [-0.4, -0.2) is 29.9 Å². The normalized spacial score (nSPS) is 14.0. The molecule has 0 atom stereocenters. The number of urea groups is 1. The highest BCUT2D eigenvalue weighted by atomic mass is 32.1. The number of benzene rings is 1. The highest BCUT2D eigenvalue weighted by Crippen LogP contribution is 2.36. The van der Waals surface area contributed by atoms with Crippen LogP contribution in [0.15, 0.2) is 24.3 Å². The molecule has 0 fully saturated rings. The van der Waals surface area contributed by atoms with Crippen molar-refractivity contribution in [3.63, 3.8) is 0 Å². The fourth-order valence-corrected chi connectivity index (χ4v) is 4.16. The van der Waals surface area contributed by atoms with Gasteiger partial charge in [-0.1, -0.05) is 6.92 Å². The summed E-state index contributed by atoms with van der Waals surface area (Å²) in [6.45, 7) is 4.62. The summed E-state index contributed by atoms with van der Waals surface area (Å²) in [5.41, 5.74) is 7.32. The number of thiophene rings is 1. The zero-order chi connectivity index (χ0) is 18.0. The van der Waals surface area contributed by atoms with E-state index in [9.17, 15) is 14.0 Å². The number of nitrogens with one attached hydrogen (secondary N) is 2. The number of likely N-dealkylation sites (N-methyl/N-ethyl adjacent to an activating group) is 1. The van der Waals surface area contributed by atoms with Crippen molar-refractivity contribution in [3.05, 3.63) is 46.1 Å². The summed E-state index contributed by atoms with van der Waals surface area (Å²) in [7, 11) is 0. The molecular formula is C17H19FN4O2S. The van der Waals surface area contributed by atoms with Gasteiger partial charge in [0.2, 0.25) is 0 Å². The zero-order valence-corrected chi connectivity index (χ0v) is 14.6. The maximum atomic E-state index is 12.9. The Morgan fingerprint density at radius 2 is 2.00 bits per heavy atom. The van der Waals surface area contributed by atoms with Gasteiger partial charge in [0.05, 0.1) is 5.56 Å². The number of primary amides is 1. The predicted octanol–water partition coefficient (Wildman–Crippen LogP) is 3.01. The molecule has 1 aromatic heterocycles. The van der Waals surface area contributed by atoms with Crippen molar-refractivity contribution < 1.29 is 14.0 Å². The van der Waals surface area contributed by atoms with E-state index in [0.717, 1.165) is 36.5 Å². The molecule has 0 radical (unpaired) electrons. The summed E-state index contributed by atoms with van der Waals surface area (Å²) in [6.07, 6.45) is 0.735. The van der Waals surface area contributed by atoms with Crippen molar-refractivity contribution in [1.82, 2.24) is 4.90 Å². The van der Waals surface area contributed by atoms with Gasteiger partial charge < -0.3 is 11.1 Å². The van der Waals surface area contributed by atoms with Crippen molar-refractivity contribution in [2.45, 2.75) is 19.9 Å². The molecular weight excluding hydrogens is 343 g/mol. The van der Waals surface area contributed by atoms with Crippen LogP contribution in [0.3, 0.4) is 0 Å². The van der Waals surface area contributed by atoms with Crippen molar-refractivity contribution in [2.75, 3.05) is 23.7 Å². The number of hydrogen-bond donors (Lipinski definition) is 3. The Bertz CT molecular complexity index is 804. The number of fused-ring (bicyclic) bond motifs is 1. The summed E-state index contributed by atoms with van der Waals surface area (Å²) >= 11 is 1.38. The minimum atomic E-state index is -0.542. The topological polar surface area (TPSA) is 87.5 Å². The van der Waals surface area contributed by atoms with Gasteiger partial charge in [-0.3, -0.25) is 15.0 Å². The molecule has 0 saturated heterocycles. The van der Waals surface area contributed by atoms with Crippen molar-refractivity contribution in [2.24, 2.45) is 5.73 Å². The Labute approximate surface area is 148 Å². The molecule has 1 aliphatic rings. The monoisotopic (exact) mass is 362 g/mol. The summed E-state index contributed by atoms with van der Waals surface area (Å²) in [6, 6.07) is 4.94. The minimum Gasteiger partial charge on any atom is -0.365 e. The molecule has 0 unspecified atom stereocenters. The van der Waals surface area contributed by atoms with E-state index < -0.39 is 11.9 Å². The molecule has 0 saturated carbocycles. The Morgan fingerprint density at radius 3 is 2.64 bits per heavy atom. The molecule has 3 rings (SSSR count). The van der Waals surface area contributed by atoms with E-state index in [1.54, 1.807) is 0 Å². The first-order valence-corrected chi connectivity index (χ1v) is 8.79. The van der Waals surface area contributed by atoms with Crippen LogP contribution in [0, 0.1) is 5.82 Å². The summed E-state index contributed by atoms with van der Waals surface area (Å²) in [5, 5.41) is 5.77. The molecule has 1 aliphatic heterocycles. The molecule has 132 valence electrons. The Morgan fingerprint density at radius 1 is 1.28 bits per heavy atom. The summed E-state index contributed by atoms with van der Waals surface area (Å²) in [4.78, 5) is 27.4. The van der Waals surface area contributed by atoms with Gasteiger partial charge >= 0.3 is 6.03 Å². The van der Waals surface area contributed by atoms with Crippen LogP contribution in [0.2, 0.25) is 0 Å². The largest absolute Gasteiger partial charge is 0.365 e. The number of nitrogens with zero attached hydrogens (tertiary/aromatic N) is 1. The van der Waals surface area contributed by atoms with Crippen LogP contribution in [0.1, 0.15) is 27.7 Å². The van der Waals surface area contributed by atoms with Gasteiger partial charge in [-0.05, 0) is 42.8 Å². The van der Waals surface area contributed by atoms with Gasteiger partial charge in [0, 0.05) is 23.7 Å². The third-order valence-corrected chi connectivity index (χ3v) is 5.29. The van der Waals surface area contributed by atoms with Gasteiger partial charge in [-0.15, -0.1) is 11.3 Å². The average Bonchev–Trinajstić information content (AvgIpc) is 2.93. The van der Waals surface area contributed by atoms with Gasteiger partial charge in [-0.2, -0.15) is 0 Å². The van der Waals surface area contributed by atoms with Gasteiger partial charge in [0.15, 0.2) is 0 Å². The highest BCUT2D eigenvalue weighted by Gasteiger charge is 2.27. The number of anilines is 2. The molecule has 2 heterocycles. The molecule has 1 aromatic carbocycles. The standard InChI is InChI=1S/C17H19FN4O2S/c1-2-22-8-7-12-13(9-22)25-16(14(12)15(19)23)21-17(24)20-11-5-3-10(18)4-6-11/h3-6H,2,7-9H2,1H3,(H2,19,23)(H2,20,21,24). The maximum Gasteiger partial charge on any atom is 0.324 e. The van der Waals surface area contributed by atoms with Gasteiger partial charge in [-0.25, -0.2) is 9.18 Å². The molecule has 4 N–H and O–H groups in total. The zero-order valence-electron chi connectivity index (χ0n) is 13.8. The van der Waals surface area contributed by atoms with E-state index in [-0.39, 0.29) is 5.82 Å². The first-order valence-electron chi connectivity index (χ1n) is 7.98. The second kappa shape index (κ2) is 7.20. The third-order valence-electron chi connectivity index (χ3n) is 4.16. The van der Waals surface area contributed by atoms with E-state index in [1.807, 2.05) is 0 Å². The maximum absolute atomic E-state index is 12.9. The fourth-order valence-electron chi connectivity index (χ4n) is 2.87. The van der Waals surface area contributed by atoms with E-state index in [1.165, 1.54) is 35.6 Å². The third kappa shape index (κ3) is 3.80. The minimum absolute atomic E-state index is 0.381. The number of carbonyl (C=O) groups is 2. The molecule has 2 aromatic rings. The quantitative estimate of drug-likeness (QED) is 0.781. The molecule has 0 bridgehead atoms. The highest BCUT2D eigenvalue weighted by molar-refractivity contribution is 7.17. The molecule has 3 amide bonds. The predicted molar refractivity (Wildman–Crippen MR) is 96.5 cm³/mol. The molecule has 6 nitrogen and oxygen atoms in total. The lowest BCUT2D eigenvalue weighted by molar-refractivity contribution is 0.1000. The van der Waals surface area contributed by atoms with E-state index in [2.05, 4.69) is 22.5 Å². The molecule has 0 spiro atoms. The number of amides is 3. The number of halogens is 1. The van der Waals surface area contributed by atoms with Crippen molar-refractivity contribution >= 4 is 34.0 Å². The number of hydrogen-bond acceptors (Lipinski definition) is 4. The number of rotatable bonds is 4. The molecule has 0 aliphatic carbocycles. The average molecular weight is 362 g/mol. The molecule has 8 heteroatoms. The smallest absolute Gasteiger partial charge is 0.324 e.